The molecule has 0 aromatic carbocycles. The van der Waals surface area contributed by atoms with Crippen molar-refractivity contribution in [2.24, 2.45) is 5.92 Å². The Labute approximate surface area is 117 Å². The fourth-order valence-electron chi connectivity index (χ4n) is 3.61. The molecule has 0 heterocycles. The van der Waals surface area contributed by atoms with Crippen LogP contribution in [0.15, 0.2) is 0 Å². The monoisotopic (exact) mass is 267 g/mol. The van der Waals surface area contributed by atoms with Crippen molar-refractivity contribution in [2.45, 2.75) is 81.9 Å². The molecule has 0 aromatic heterocycles. The number of hydrogen-bond donors (Lipinski definition) is 2. The molecule has 3 heteroatoms. The van der Waals surface area contributed by atoms with Gasteiger partial charge in [-0.25, -0.2) is 0 Å². The first-order valence-electron chi connectivity index (χ1n) is 8.30. The number of rotatable bonds is 7. The highest BCUT2D eigenvalue weighted by Gasteiger charge is 2.40. The summed E-state index contributed by atoms with van der Waals surface area (Å²) in [7, 11) is 0. The van der Waals surface area contributed by atoms with Crippen molar-refractivity contribution < 1.29 is 9.84 Å². The largest absolute Gasteiger partial charge is 0.394 e. The van der Waals surface area contributed by atoms with Gasteiger partial charge in [0.2, 0.25) is 0 Å². The first kappa shape index (κ1) is 13.8. The van der Waals surface area contributed by atoms with Crippen molar-refractivity contribution in [3.8, 4) is 0 Å². The van der Waals surface area contributed by atoms with Gasteiger partial charge in [-0.1, -0.05) is 19.3 Å². The van der Waals surface area contributed by atoms with Crippen LogP contribution < -0.4 is 5.32 Å². The topological polar surface area (TPSA) is 41.5 Å². The number of aliphatic hydroxyl groups is 1. The van der Waals surface area contributed by atoms with Gasteiger partial charge in [-0.3, -0.25) is 0 Å². The van der Waals surface area contributed by atoms with Crippen molar-refractivity contribution in [2.75, 3.05) is 13.2 Å². The molecule has 0 bridgehead atoms. The second kappa shape index (κ2) is 6.11. The molecule has 3 rings (SSSR count). The fourth-order valence-corrected chi connectivity index (χ4v) is 3.61. The van der Waals surface area contributed by atoms with E-state index in [1.165, 1.54) is 51.4 Å². The van der Waals surface area contributed by atoms with Crippen LogP contribution >= 0.6 is 0 Å². The molecule has 3 fully saturated rings. The van der Waals surface area contributed by atoms with E-state index in [9.17, 15) is 5.11 Å². The van der Waals surface area contributed by atoms with Crippen LogP contribution in [-0.4, -0.2) is 36.0 Å². The van der Waals surface area contributed by atoms with Crippen LogP contribution in [0.1, 0.15) is 64.2 Å². The van der Waals surface area contributed by atoms with E-state index >= 15 is 0 Å². The Morgan fingerprint density at radius 3 is 2.58 bits per heavy atom. The molecule has 0 amide bonds. The quantitative estimate of drug-likeness (QED) is 0.745. The highest BCUT2D eigenvalue weighted by Crippen LogP contribution is 2.34. The Kier molecular flexibility index (Phi) is 4.45. The van der Waals surface area contributed by atoms with Crippen molar-refractivity contribution in [1.29, 1.82) is 0 Å². The highest BCUT2D eigenvalue weighted by atomic mass is 16.5. The average Bonchev–Trinajstić information content (AvgIpc) is 3.17. The molecule has 2 unspecified atom stereocenters. The summed E-state index contributed by atoms with van der Waals surface area (Å²) < 4.78 is 6.10. The third kappa shape index (κ3) is 3.71. The first-order chi connectivity index (χ1) is 9.30. The molecule has 3 saturated carbocycles. The zero-order chi connectivity index (χ0) is 13.1. The molecule has 0 aromatic rings. The molecule has 0 radical (unpaired) electrons. The molecule has 0 spiro atoms. The number of hydrogen-bond acceptors (Lipinski definition) is 3. The molecule has 19 heavy (non-hydrogen) atoms. The summed E-state index contributed by atoms with van der Waals surface area (Å²) in [5.41, 5.74) is -0.0411. The van der Waals surface area contributed by atoms with Gasteiger partial charge in [0, 0.05) is 18.2 Å². The molecule has 2 atom stereocenters. The third-order valence-corrected chi connectivity index (χ3v) is 5.29. The molecule has 3 aliphatic rings. The minimum absolute atomic E-state index is 0.0411. The Bertz CT molecular complexity index is 288. The van der Waals surface area contributed by atoms with Gasteiger partial charge in [0.1, 0.15) is 0 Å². The van der Waals surface area contributed by atoms with E-state index in [4.69, 9.17) is 4.74 Å². The lowest BCUT2D eigenvalue weighted by molar-refractivity contribution is -0.0231. The summed E-state index contributed by atoms with van der Waals surface area (Å²) in [6, 6.07) is 0.667. The Balaban J connectivity index is 1.42. The van der Waals surface area contributed by atoms with Crippen LogP contribution in [0, 0.1) is 5.92 Å². The van der Waals surface area contributed by atoms with Gasteiger partial charge in [0.05, 0.1) is 12.7 Å². The lowest BCUT2D eigenvalue weighted by Crippen LogP contribution is -2.54. The van der Waals surface area contributed by atoms with E-state index in [0.29, 0.717) is 12.1 Å². The van der Waals surface area contributed by atoms with Crippen LogP contribution in [0.2, 0.25) is 0 Å². The Hall–Kier alpha value is -0.120. The summed E-state index contributed by atoms with van der Waals surface area (Å²) in [5, 5.41) is 13.5. The minimum atomic E-state index is -0.0411. The summed E-state index contributed by atoms with van der Waals surface area (Å²) in [6.45, 7) is 1.20. The number of aliphatic hydroxyl groups excluding tert-OH is 1. The zero-order valence-electron chi connectivity index (χ0n) is 12.1. The van der Waals surface area contributed by atoms with Crippen molar-refractivity contribution >= 4 is 0 Å². The van der Waals surface area contributed by atoms with Crippen molar-refractivity contribution in [3.63, 3.8) is 0 Å². The smallest absolute Gasteiger partial charge is 0.0614 e. The normalized spacial score (nSPS) is 36.2. The zero-order valence-corrected chi connectivity index (χ0v) is 12.1. The highest BCUT2D eigenvalue weighted by molar-refractivity contribution is 4.99. The van der Waals surface area contributed by atoms with Crippen LogP contribution in [0.5, 0.6) is 0 Å². The van der Waals surface area contributed by atoms with E-state index < -0.39 is 0 Å². The van der Waals surface area contributed by atoms with Gasteiger partial charge < -0.3 is 15.2 Å². The molecular formula is C16H29NO2. The Morgan fingerprint density at radius 1 is 1.11 bits per heavy atom. The van der Waals surface area contributed by atoms with E-state index in [1.807, 2.05) is 0 Å². The number of ether oxygens (including phenoxy) is 1. The van der Waals surface area contributed by atoms with E-state index in [2.05, 4.69) is 5.32 Å². The minimum Gasteiger partial charge on any atom is -0.394 e. The first-order valence-corrected chi connectivity index (χ1v) is 8.30. The van der Waals surface area contributed by atoms with Gasteiger partial charge in [-0.2, -0.15) is 0 Å². The lowest BCUT2D eigenvalue weighted by Gasteiger charge is -2.41. The molecule has 0 saturated heterocycles. The second-order valence-electron chi connectivity index (χ2n) is 7.03. The second-order valence-corrected chi connectivity index (χ2v) is 7.03. The summed E-state index contributed by atoms with van der Waals surface area (Å²) in [4.78, 5) is 0. The Morgan fingerprint density at radius 2 is 1.95 bits per heavy atom. The maximum atomic E-state index is 9.78. The standard InChI is InChI=1S/C16H29NO2/c18-12-16(17-14-6-7-14)9-2-5-15(11-16)19-10-8-13-3-1-4-13/h13-15,17-18H,1-12H2. The van der Waals surface area contributed by atoms with E-state index in [0.717, 1.165) is 25.4 Å². The SMILES string of the molecule is OCC1(NC2CC2)CCCC(OCCC2CCC2)C1. The molecule has 3 aliphatic carbocycles. The lowest BCUT2D eigenvalue weighted by atomic mass is 9.80. The molecule has 2 N–H and O–H groups in total. The predicted molar refractivity (Wildman–Crippen MR) is 76.1 cm³/mol. The van der Waals surface area contributed by atoms with Gasteiger partial charge in [0.25, 0.3) is 0 Å². The van der Waals surface area contributed by atoms with Crippen molar-refractivity contribution in [3.05, 3.63) is 0 Å². The van der Waals surface area contributed by atoms with E-state index in [1.54, 1.807) is 0 Å². The van der Waals surface area contributed by atoms with Crippen LogP contribution in [0.4, 0.5) is 0 Å². The van der Waals surface area contributed by atoms with Gasteiger partial charge >= 0.3 is 0 Å². The molecular weight excluding hydrogens is 238 g/mol. The summed E-state index contributed by atoms with van der Waals surface area (Å²) in [6.07, 6.45) is 12.9. The van der Waals surface area contributed by atoms with Gasteiger partial charge in [-0.15, -0.1) is 0 Å². The molecule has 3 nitrogen and oxygen atoms in total. The summed E-state index contributed by atoms with van der Waals surface area (Å²) >= 11 is 0. The molecule has 110 valence electrons. The maximum Gasteiger partial charge on any atom is 0.0614 e. The van der Waals surface area contributed by atoms with Crippen LogP contribution in [0.3, 0.4) is 0 Å². The van der Waals surface area contributed by atoms with Gasteiger partial charge in [-0.05, 0) is 50.9 Å². The van der Waals surface area contributed by atoms with Gasteiger partial charge in [0.15, 0.2) is 0 Å². The van der Waals surface area contributed by atoms with Crippen LogP contribution in [0.25, 0.3) is 0 Å². The predicted octanol–water partition coefficient (Wildman–Crippen LogP) is 2.62. The maximum absolute atomic E-state index is 9.78. The summed E-state index contributed by atoms with van der Waals surface area (Å²) in [5.74, 6) is 0.941. The van der Waals surface area contributed by atoms with Crippen LogP contribution in [-0.2, 0) is 4.74 Å². The molecule has 0 aliphatic heterocycles. The third-order valence-electron chi connectivity index (χ3n) is 5.29. The average molecular weight is 267 g/mol. The number of nitrogens with one attached hydrogen (secondary N) is 1. The van der Waals surface area contributed by atoms with Crippen molar-refractivity contribution in [1.82, 2.24) is 5.32 Å². The van der Waals surface area contributed by atoms with E-state index in [-0.39, 0.29) is 12.1 Å². The fraction of sp³-hybridized carbons (Fsp3) is 1.00.